The minimum Gasteiger partial charge on any atom is -0.465 e. The standard InChI is InChI=1S/C17H24O3S/c1-3-5-6-12-20-17(19)13-21-15-10-8-14(9-11-15)16(18)7-4-2/h8-11H,3-7,12-13H2,1-2H3. The highest BCUT2D eigenvalue weighted by molar-refractivity contribution is 8.00. The maximum atomic E-state index is 11.7. The van der Waals surface area contributed by atoms with Crippen LogP contribution in [0.15, 0.2) is 29.2 Å². The number of ether oxygens (including phenoxy) is 1. The van der Waals surface area contributed by atoms with Crippen molar-refractivity contribution in [1.82, 2.24) is 0 Å². The third-order valence-electron chi connectivity index (χ3n) is 3.02. The molecule has 0 fully saturated rings. The number of esters is 1. The number of carbonyl (C=O) groups is 2. The van der Waals surface area contributed by atoms with Gasteiger partial charge in [-0.15, -0.1) is 11.8 Å². The van der Waals surface area contributed by atoms with Gasteiger partial charge in [-0.3, -0.25) is 9.59 Å². The molecule has 0 spiro atoms. The Labute approximate surface area is 131 Å². The third kappa shape index (κ3) is 7.32. The summed E-state index contributed by atoms with van der Waals surface area (Å²) in [6, 6.07) is 7.43. The zero-order valence-electron chi connectivity index (χ0n) is 12.9. The zero-order valence-corrected chi connectivity index (χ0v) is 13.7. The molecule has 3 nitrogen and oxygen atoms in total. The Balaban J connectivity index is 2.32. The molecule has 0 aliphatic rings. The Kier molecular flexibility index (Phi) is 8.83. The molecular formula is C17H24O3S. The van der Waals surface area contributed by atoms with Gasteiger partial charge in [-0.1, -0.05) is 38.8 Å². The fourth-order valence-corrected chi connectivity index (χ4v) is 2.53. The fourth-order valence-electron chi connectivity index (χ4n) is 1.83. The Morgan fingerprint density at radius 3 is 2.38 bits per heavy atom. The summed E-state index contributed by atoms with van der Waals surface area (Å²) in [5.74, 6) is 0.306. The molecule has 0 aromatic heterocycles. The van der Waals surface area contributed by atoms with Crippen LogP contribution in [0, 0.1) is 0 Å². The highest BCUT2D eigenvalue weighted by Gasteiger charge is 2.06. The molecule has 0 unspecified atom stereocenters. The minimum absolute atomic E-state index is 0.171. The summed E-state index contributed by atoms with van der Waals surface area (Å²) in [4.78, 5) is 24.2. The molecule has 0 bridgehead atoms. The van der Waals surface area contributed by atoms with Crippen LogP contribution in [0.4, 0.5) is 0 Å². The lowest BCUT2D eigenvalue weighted by Gasteiger charge is -2.05. The molecule has 1 aromatic carbocycles. The van der Waals surface area contributed by atoms with Crippen molar-refractivity contribution in [3.8, 4) is 0 Å². The summed E-state index contributed by atoms with van der Waals surface area (Å²) in [6.45, 7) is 4.62. The SMILES string of the molecule is CCCCCOC(=O)CSc1ccc(C(=O)CCC)cc1. The van der Waals surface area contributed by atoms with E-state index in [-0.39, 0.29) is 11.8 Å². The quantitative estimate of drug-likeness (QED) is 0.276. The van der Waals surface area contributed by atoms with Crippen LogP contribution in [0.3, 0.4) is 0 Å². The van der Waals surface area contributed by atoms with E-state index in [0.29, 0.717) is 18.8 Å². The number of hydrogen-bond donors (Lipinski definition) is 0. The lowest BCUT2D eigenvalue weighted by molar-refractivity contribution is -0.140. The molecule has 1 aromatic rings. The first kappa shape index (κ1) is 17.8. The van der Waals surface area contributed by atoms with Crippen LogP contribution in [0.5, 0.6) is 0 Å². The molecule has 0 heterocycles. The smallest absolute Gasteiger partial charge is 0.316 e. The van der Waals surface area contributed by atoms with Crippen molar-refractivity contribution in [3.05, 3.63) is 29.8 Å². The summed E-state index contributed by atoms with van der Waals surface area (Å²) >= 11 is 1.44. The van der Waals surface area contributed by atoms with Gasteiger partial charge in [0.2, 0.25) is 0 Å². The Morgan fingerprint density at radius 1 is 1.05 bits per heavy atom. The van der Waals surface area contributed by atoms with Gasteiger partial charge in [-0.2, -0.15) is 0 Å². The third-order valence-corrected chi connectivity index (χ3v) is 4.01. The number of ketones is 1. The van der Waals surface area contributed by atoms with Gasteiger partial charge >= 0.3 is 5.97 Å². The molecule has 0 radical (unpaired) electrons. The molecule has 21 heavy (non-hydrogen) atoms. The maximum Gasteiger partial charge on any atom is 0.316 e. The van der Waals surface area contributed by atoms with E-state index in [4.69, 9.17) is 4.74 Å². The maximum absolute atomic E-state index is 11.7. The van der Waals surface area contributed by atoms with E-state index in [9.17, 15) is 9.59 Å². The van der Waals surface area contributed by atoms with Crippen LogP contribution in [0.2, 0.25) is 0 Å². The van der Waals surface area contributed by atoms with Gasteiger partial charge in [0.1, 0.15) is 0 Å². The second-order valence-electron chi connectivity index (χ2n) is 4.91. The van der Waals surface area contributed by atoms with E-state index in [1.807, 2.05) is 31.2 Å². The average Bonchev–Trinajstić information content (AvgIpc) is 2.50. The highest BCUT2D eigenvalue weighted by atomic mass is 32.2. The summed E-state index contributed by atoms with van der Waals surface area (Å²) in [5, 5.41) is 0. The summed E-state index contributed by atoms with van der Waals surface area (Å²) in [7, 11) is 0. The van der Waals surface area contributed by atoms with Crippen LogP contribution < -0.4 is 0 Å². The van der Waals surface area contributed by atoms with E-state index in [0.717, 1.165) is 36.1 Å². The molecular weight excluding hydrogens is 284 g/mol. The summed E-state index contributed by atoms with van der Waals surface area (Å²) in [5.41, 5.74) is 0.739. The number of benzene rings is 1. The lowest BCUT2D eigenvalue weighted by atomic mass is 10.1. The van der Waals surface area contributed by atoms with Crippen molar-refractivity contribution >= 4 is 23.5 Å². The Hall–Kier alpha value is -1.29. The van der Waals surface area contributed by atoms with E-state index < -0.39 is 0 Å². The summed E-state index contributed by atoms with van der Waals surface area (Å²) < 4.78 is 5.15. The van der Waals surface area contributed by atoms with E-state index in [2.05, 4.69) is 6.92 Å². The van der Waals surface area contributed by atoms with Gasteiger partial charge in [0, 0.05) is 16.9 Å². The van der Waals surface area contributed by atoms with Gasteiger partial charge in [-0.25, -0.2) is 0 Å². The van der Waals surface area contributed by atoms with E-state index in [1.165, 1.54) is 11.8 Å². The molecule has 0 saturated carbocycles. The monoisotopic (exact) mass is 308 g/mol. The van der Waals surface area contributed by atoms with Crippen molar-refractivity contribution in [2.75, 3.05) is 12.4 Å². The Morgan fingerprint density at radius 2 is 1.76 bits per heavy atom. The second kappa shape index (κ2) is 10.4. The molecule has 0 aliphatic heterocycles. The first-order chi connectivity index (χ1) is 10.2. The van der Waals surface area contributed by atoms with Gasteiger partial charge < -0.3 is 4.74 Å². The highest BCUT2D eigenvalue weighted by Crippen LogP contribution is 2.19. The number of unbranched alkanes of at least 4 members (excludes halogenated alkanes) is 2. The van der Waals surface area contributed by atoms with Gasteiger partial charge in [0.05, 0.1) is 12.4 Å². The van der Waals surface area contributed by atoms with Crippen LogP contribution in [-0.4, -0.2) is 24.1 Å². The number of hydrogen-bond acceptors (Lipinski definition) is 4. The van der Waals surface area contributed by atoms with Crippen LogP contribution >= 0.6 is 11.8 Å². The second-order valence-corrected chi connectivity index (χ2v) is 5.96. The molecule has 0 atom stereocenters. The summed E-state index contributed by atoms with van der Waals surface area (Å²) in [6.07, 6.45) is 4.58. The molecule has 116 valence electrons. The van der Waals surface area contributed by atoms with Gasteiger partial charge in [0.15, 0.2) is 5.78 Å². The Bertz CT molecular complexity index is 440. The predicted octanol–water partition coefficient (Wildman–Crippen LogP) is 4.49. The van der Waals surface area contributed by atoms with E-state index in [1.54, 1.807) is 0 Å². The van der Waals surface area contributed by atoms with Crippen LogP contribution in [0.25, 0.3) is 0 Å². The van der Waals surface area contributed by atoms with E-state index >= 15 is 0 Å². The number of thioether (sulfide) groups is 1. The molecule has 0 N–H and O–H groups in total. The molecule has 0 saturated heterocycles. The number of Topliss-reactive ketones (excluding diaryl/α,β-unsaturated/α-hetero) is 1. The van der Waals surface area contributed by atoms with Crippen molar-refractivity contribution in [3.63, 3.8) is 0 Å². The molecule has 0 aliphatic carbocycles. The number of carbonyl (C=O) groups excluding carboxylic acids is 2. The fraction of sp³-hybridized carbons (Fsp3) is 0.529. The van der Waals surface area contributed by atoms with Gasteiger partial charge in [-0.05, 0) is 25.0 Å². The molecule has 0 amide bonds. The van der Waals surface area contributed by atoms with Gasteiger partial charge in [0.25, 0.3) is 0 Å². The topological polar surface area (TPSA) is 43.4 Å². The van der Waals surface area contributed by atoms with Crippen LogP contribution in [-0.2, 0) is 9.53 Å². The van der Waals surface area contributed by atoms with Crippen molar-refractivity contribution < 1.29 is 14.3 Å². The zero-order chi connectivity index (χ0) is 15.5. The van der Waals surface area contributed by atoms with Crippen LogP contribution in [0.1, 0.15) is 56.3 Å². The number of rotatable bonds is 10. The average molecular weight is 308 g/mol. The largest absolute Gasteiger partial charge is 0.465 e. The lowest BCUT2D eigenvalue weighted by Crippen LogP contribution is -2.08. The normalized spacial score (nSPS) is 10.4. The predicted molar refractivity (Wildman–Crippen MR) is 86.9 cm³/mol. The van der Waals surface area contributed by atoms with Crippen molar-refractivity contribution in [2.45, 2.75) is 50.8 Å². The van der Waals surface area contributed by atoms with Crippen molar-refractivity contribution in [2.24, 2.45) is 0 Å². The first-order valence-electron chi connectivity index (χ1n) is 7.59. The minimum atomic E-state index is -0.178. The molecule has 1 rings (SSSR count). The van der Waals surface area contributed by atoms with Crippen molar-refractivity contribution in [1.29, 1.82) is 0 Å². The first-order valence-corrected chi connectivity index (χ1v) is 8.57. The molecule has 4 heteroatoms.